The lowest BCUT2D eigenvalue weighted by molar-refractivity contribution is -0.385. The van der Waals surface area contributed by atoms with Gasteiger partial charge in [0.25, 0.3) is 11.6 Å². The van der Waals surface area contributed by atoms with E-state index in [9.17, 15) is 20.0 Å². The third-order valence-electron chi connectivity index (χ3n) is 4.30. The molecule has 1 aliphatic rings. The monoisotopic (exact) mass is 325 g/mol. The van der Waals surface area contributed by atoms with Crippen LogP contribution in [0.25, 0.3) is 0 Å². The van der Waals surface area contributed by atoms with Gasteiger partial charge in [0.2, 0.25) is 0 Å². The van der Waals surface area contributed by atoms with Gasteiger partial charge >= 0.3 is 0 Å². The lowest BCUT2D eigenvalue weighted by atomic mass is 9.90. The van der Waals surface area contributed by atoms with Gasteiger partial charge < -0.3 is 10.4 Å². The molecule has 2 aromatic carbocycles. The van der Waals surface area contributed by atoms with Gasteiger partial charge in [-0.15, -0.1) is 5.75 Å². The van der Waals surface area contributed by atoms with Crippen molar-refractivity contribution in [2.24, 2.45) is 0 Å². The van der Waals surface area contributed by atoms with Crippen LogP contribution in [0.4, 0.5) is 5.69 Å². The van der Waals surface area contributed by atoms with Crippen LogP contribution in [0.3, 0.4) is 0 Å². The number of fused-ring (bicyclic) bond motifs is 1. The minimum absolute atomic E-state index is 0.0313. The van der Waals surface area contributed by atoms with E-state index in [-0.39, 0.29) is 29.5 Å². The molecule has 0 atom stereocenters. The van der Waals surface area contributed by atoms with Crippen LogP contribution in [0.1, 0.15) is 39.9 Å². The number of carbonyl (C=O) groups is 1. The van der Waals surface area contributed by atoms with Crippen LogP contribution in [-0.2, 0) is 19.4 Å². The number of non-ortho nitro benzene ring substituents is 1. The van der Waals surface area contributed by atoms with Gasteiger partial charge in [0.05, 0.1) is 4.92 Å². The first kappa shape index (κ1) is 16.0. The van der Waals surface area contributed by atoms with Gasteiger partial charge in [-0.2, -0.15) is 0 Å². The summed E-state index contributed by atoms with van der Waals surface area (Å²) in [5.41, 5.74) is 3.09. The fraction of sp³-hybridized carbons (Fsp3) is 0.278. The van der Waals surface area contributed by atoms with E-state index in [4.69, 9.17) is 0 Å². The van der Waals surface area contributed by atoms with Crippen molar-refractivity contribution in [3.05, 3.63) is 68.8 Å². The van der Waals surface area contributed by atoms with Crippen molar-refractivity contribution in [2.45, 2.75) is 32.2 Å². The molecule has 0 aliphatic heterocycles. The maximum absolute atomic E-state index is 12.3. The van der Waals surface area contributed by atoms with Crippen molar-refractivity contribution in [3.63, 3.8) is 0 Å². The number of rotatable bonds is 4. The predicted octanol–water partition coefficient (Wildman–Crippen LogP) is 2.48. The van der Waals surface area contributed by atoms with Gasteiger partial charge in [-0.25, -0.2) is 0 Å². The first-order valence-electron chi connectivity index (χ1n) is 7.89. The smallest absolute Gasteiger partial charge is 0.269 e. The van der Waals surface area contributed by atoms with Crippen LogP contribution in [-0.4, -0.2) is 10.8 Å². The van der Waals surface area contributed by atoms with Crippen molar-refractivity contribution in [2.75, 3.05) is 0 Å². The Morgan fingerprint density at radius 2 is 1.83 bits per heavy atom. The van der Waals surface area contributed by atoms with Crippen LogP contribution in [0, 0.1) is 10.1 Å². The van der Waals surface area contributed by atoms with E-state index in [1.54, 1.807) is 6.07 Å². The number of benzene rings is 2. The molecule has 0 aromatic heterocycles. The molecule has 24 heavy (non-hydrogen) atoms. The van der Waals surface area contributed by atoms with E-state index in [1.807, 2.05) is 12.1 Å². The van der Waals surface area contributed by atoms with E-state index in [1.165, 1.54) is 23.6 Å². The summed E-state index contributed by atoms with van der Waals surface area (Å²) >= 11 is 0. The van der Waals surface area contributed by atoms with Gasteiger partial charge in [0.1, 0.15) is 0 Å². The zero-order valence-electron chi connectivity index (χ0n) is 13.1. The van der Waals surface area contributed by atoms with Gasteiger partial charge in [-0.1, -0.05) is 12.1 Å². The Morgan fingerprint density at radius 1 is 1.08 bits per heavy atom. The number of nitro groups is 1. The quantitative estimate of drug-likeness (QED) is 0.690. The largest absolute Gasteiger partial charge is 0.872 e. The van der Waals surface area contributed by atoms with Crippen molar-refractivity contribution < 1.29 is 14.8 Å². The summed E-state index contributed by atoms with van der Waals surface area (Å²) < 4.78 is 0. The lowest BCUT2D eigenvalue weighted by Gasteiger charge is -2.17. The number of nitro benzene ring substituents is 1. The van der Waals surface area contributed by atoms with Gasteiger partial charge in [0.15, 0.2) is 0 Å². The molecule has 0 bridgehead atoms. The number of carbonyl (C=O) groups excluding carboxylic acids is 1. The zero-order valence-corrected chi connectivity index (χ0v) is 13.1. The third kappa shape index (κ3) is 3.37. The number of hydrogen-bond acceptors (Lipinski definition) is 4. The second kappa shape index (κ2) is 6.70. The standard InChI is InChI=1S/C18H18N2O4/c21-17-8-7-16(20(23)24)10-15(17)11-19-18(22)14-6-5-12-3-1-2-4-13(12)9-14/h5-10,21H,1-4,11H2,(H,19,22)/p-1. The Balaban J connectivity index is 1.72. The summed E-state index contributed by atoms with van der Waals surface area (Å²) in [4.78, 5) is 22.5. The molecule has 2 aromatic rings. The van der Waals surface area contributed by atoms with Crippen LogP contribution >= 0.6 is 0 Å². The minimum Gasteiger partial charge on any atom is -0.872 e. The highest BCUT2D eigenvalue weighted by Gasteiger charge is 2.13. The van der Waals surface area contributed by atoms with E-state index in [0.717, 1.165) is 31.4 Å². The fourth-order valence-electron chi connectivity index (χ4n) is 2.97. The summed E-state index contributed by atoms with van der Waals surface area (Å²) in [7, 11) is 0. The summed E-state index contributed by atoms with van der Waals surface area (Å²) in [6.07, 6.45) is 4.33. The Hall–Kier alpha value is -2.89. The summed E-state index contributed by atoms with van der Waals surface area (Å²) in [6.45, 7) is -0.0313. The molecule has 0 radical (unpaired) electrons. The fourth-order valence-corrected chi connectivity index (χ4v) is 2.97. The Kier molecular flexibility index (Phi) is 4.46. The number of nitrogens with zero attached hydrogens (tertiary/aromatic N) is 1. The second-order valence-corrected chi connectivity index (χ2v) is 5.92. The molecule has 1 aliphatic carbocycles. The highest BCUT2D eigenvalue weighted by Crippen LogP contribution is 2.23. The van der Waals surface area contributed by atoms with E-state index in [0.29, 0.717) is 5.56 Å². The molecule has 0 saturated heterocycles. The lowest BCUT2D eigenvalue weighted by Crippen LogP contribution is -2.24. The van der Waals surface area contributed by atoms with Crippen LogP contribution in [0.2, 0.25) is 0 Å². The number of nitrogens with one attached hydrogen (secondary N) is 1. The van der Waals surface area contributed by atoms with Gasteiger partial charge in [-0.05, 0) is 54.5 Å². The average molecular weight is 325 g/mol. The topological polar surface area (TPSA) is 95.3 Å². The van der Waals surface area contributed by atoms with Gasteiger partial charge in [0, 0.05) is 24.2 Å². The summed E-state index contributed by atoms with van der Waals surface area (Å²) in [5.74, 6) is -0.611. The first-order chi connectivity index (χ1) is 11.5. The van der Waals surface area contributed by atoms with E-state index in [2.05, 4.69) is 5.32 Å². The first-order valence-corrected chi connectivity index (χ1v) is 7.89. The Labute approximate surface area is 139 Å². The van der Waals surface area contributed by atoms with Crippen molar-refractivity contribution in [1.29, 1.82) is 0 Å². The zero-order chi connectivity index (χ0) is 17.1. The van der Waals surface area contributed by atoms with Crippen molar-refractivity contribution in [1.82, 2.24) is 5.32 Å². The average Bonchev–Trinajstić information content (AvgIpc) is 2.60. The Bertz CT molecular complexity index is 802. The minimum atomic E-state index is -0.561. The predicted molar refractivity (Wildman–Crippen MR) is 86.8 cm³/mol. The SMILES string of the molecule is O=C(NCc1cc([N+](=O)[O-])ccc1[O-])c1ccc2c(c1)CCCC2. The molecule has 124 valence electrons. The van der Waals surface area contributed by atoms with Crippen molar-refractivity contribution >= 4 is 11.6 Å². The van der Waals surface area contributed by atoms with Crippen molar-refractivity contribution in [3.8, 4) is 5.75 Å². The molecule has 0 heterocycles. The van der Waals surface area contributed by atoms with Crippen LogP contribution in [0.5, 0.6) is 5.75 Å². The maximum atomic E-state index is 12.3. The maximum Gasteiger partial charge on any atom is 0.269 e. The number of amides is 1. The second-order valence-electron chi connectivity index (χ2n) is 5.92. The molecule has 1 N–H and O–H groups in total. The molecular formula is C18H17N2O4-. The Morgan fingerprint density at radius 3 is 2.58 bits per heavy atom. The van der Waals surface area contributed by atoms with E-state index >= 15 is 0 Å². The number of hydrogen-bond donors (Lipinski definition) is 1. The molecule has 1 amide bonds. The van der Waals surface area contributed by atoms with E-state index < -0.39 is 4.92 Å². The van der Waals surface area contributed by atoms with Crippen LogP contribution in [0.15, 0.2) is 36.4 Å². The normalized spacial score (nSPS) is 13.2. The van der Waals surface area contributed by atoms with Gasteiger partial charge in [-0.3, -0.25) is 14.9 Å². The molecule has 6 heteroatoms. The molecule has 0 saturated carbocycles. The third-order valence-corrected chi connectivity index (χ3v) is 4.30. The highest BCUT2D eigenvalue weighted by molar-refractivity contribution is 5.94. The molecular weight excluding hydrogens is 308 g/mol. The summed E-state index contributed by atoms with van der Waals surface area (Å²) in [5, 5.41) is 25.2. The van der Waals surface area contributed by atoms with Crippen LogP contribution < -0.4 is 10.4 Å². The molecule has 6 nitrogen and oxygen atoms in total. The summed E-state index contributed by atoms with van der Waals surface area (Å²) in [6, 6.07) is 9.18. The number of aryl methyl sites for hydroxylation is 2. The molecule has 0 unspecified atom stereocenters. The molecule has 0 spiro atoms. The molecule has 3 rings (SSSR count). The highest BCUT2D eigenvalue weighted by atomic mass is 16.6. The molecule has 0 fully saturated rings.